The summed E-state index contributed by atoms with van der Waals surface area (Å²) in [5.74, 6) is 2.38. The number of methoxy groups -OCH3 is 1. The van der Waals surface area contributed by atoms with Gasteiger partial charge in [-0.2, -0.15) is 0 Å². The molecular formula is C21H25N3O3. The van der Waals surface area contributed by atoms with E-state index in [-0.39, 0.29) is 11.9 Å². The van der Waals surface area contributed by atoms with Crippen LogP contribution >= 0.6 is 0 Å². The van der Waals surface area contributed by atoms with Crippen molar-refractivity contribution in [3.05, 3.63) is 48.2 Å². The Hall–Kier alpha value is -2.60. The number of rotatable bonds is 5. The second kappa shape index (κ2) is 7.56. The Morgan fingerprint density at radius 1 is 1.15 bits per heavy atom. The molecule has 2 bridgehead atoms. The number of nitrogens with zero attached hydrogens (tertiary/aromatic N) is 2. The Labute approximate surface area is 159 Å². The van der Waals surface area contributed by atoms with Crippen molar-refractivity contribution < 1.29 is 14.3 Å². The quantitative estimate of drug-likeness (QED) is 0.880. The van der Waals surface area contributed by atoms with E-state index < -0.39 is 0 Å². The number of hydrogen-bond acceptors (Lipinski definition) is 5. The molecular weight excluding hydrogens is 342 g/mol. The topological polar surface area (TPSA) is 63.7 Å². The minimum absolute atomic E-state index is 0.0160. The molecule has 3 fully saturated rings. The fourth-order valence-electron chi connectivity index (χ4n) is 4.16. The highest BCUT2D eigenvalue weighted by molar-refractivity contribution is 5.94. The third-order valence-electron chi connectivity index (χ3n) is 5.74. The van der Waals surface area contributed by atoms with E-state index in [4.69, 9.17) is 9.47 Å². The van der Waals surface area contributed by atoms with Crippen LogP contribution in [-0.4, -0.2) is 48.1 Å². The lowest BCUT2D eigenvalue weighted by atomic mass is 9.79. The van der Waals surface area contributed by atoms with Gasteiger partial charge in [0.2, 0.25) is 5.88 Å². The number of piperidine rings is 3. The number of carbonyl (C=O) groups excluding carboxylic acids is 1. The summed E-state index contributed by atoms with van der Waals surface area (Å²) in [6, 6.07) is 11.3. The van der Waals surface area contributed by atoms with Gasteiger partial charge in [0.25, 0.3) is 5.91 Å². The Morgan fingerprint density at radius 2 is 1.89 bits per heavy atom. The summed E-state index contributed by atoms with van der Waals surface area (Å²) in [7, 11) is 1.56. The number of hydrogen-bond donors (Lipinski definition) is 1. The molecule has 1 aromatic carbocycles. The number of benzene rings is 1. The molecule has 6 nitrogen and oxygen atoms in total. The predicted molar refractivity (Wildman–Crippen MR) is 102 cm³/mol. The first-order valence-corrected chi connectivity index (χ1v) is 9.47. The standard InChI is InChI=1S/C21H25N3O3/c1-14-20(15-8-11-24(14)12-9-15)23-21(25)16-3-5-17(6-4-16)27-18-7-10-22-19(13-18)26-2/h3-7,10,13-15,20H,8-9,11-12H2,1-2H3,(H,23,25)/t14-,20+/m1/s1. The van der Waals surface area contributed by atoms with E-state index >= 15 is 0 Å². The van der Waals surface area contributed by atoms with E-state index in [0.717, 1.165) is 13.1 Å². The fraction of sp³-hybridized carbons (Fsp3) is 0.429. The van der Waals surface area contributed by atoms with Crippen LogP contribution in [0.2, 0.25) is 0 Å². The second-order valence-corrected chi connectivity index (χ2v) is 7.27. The molecule has 0 radical (unpaired) electrons. The predicted octanol–water partition coefficient (Wildman–Crippen LogP) is 3.10. The fourth-order valence-corrected chi connectivity index (χ4v) is 4.16. The maximum absolute atomic E-state index is 12.7. The van der Waals surface area contributed by atoms with Crippen molar-refractivity contribution in [3.8, 4) is 17.4 Å². The zero-order valence-corrected chi connectivity index (χ0v) is 15.7. The van der Waals surface area contributed by atoms with Gasteiger partial charge in [0.05, 0.1) is 7.11 Å². The molecule has 0 saturated carbocycles. The van der Waals surface area contributed by atoms with Crippen LogP contribution in [0.4, 0.5) is 0 Å². The molecule has 2 aromatic rings. The van der Waals surface area contributed by atoms with Crippen LogP contribution in [0.3, 0.4) is 0 Å². The van der Waals surface area contributed by atoms with Crippen molar-refractivity contribution in [2.45, 2.75) is 31.8 Å². The van der Waals surface area contributed by atoms with Gasteiger partial charge in [-0.25, -0.2) is 4.98 Å². The number of aromatic nitrogens is 1. The lowest BCUT2D eigenvalue weighted by Crippen LogP contribution is -2.62. The normalized spacial score (nSPS) is 26.4. The molecule has 1 amide bonds. The van der Waals surface area contributed by atoms with Crippen LogP contribution in [0.1, 0.15) is 30.1 Å². The van der Waals surface area contributed by atoms with Crippen molar-refractivity contribution in [2.75, 3.05) is 20.2 Å². The summed E-state index contributed by atoms with van der Waals surface area (Å²) in [4.78, 5) is 19.2. The van der Waals surface area contributed by atoms with Gasteiger partial charge >= 0.3 is 0 Å². The summed E-state index contributed by atoms with van der Waals surface area (Å²) in [5.41, 5.74) is 0.651. The summed E-state index contributed by atoms with van der Waals surface area (Å²) >= 11 is 0. The number of carbonyl (C=O) groups is 1. The van der Waals surface area contributed by atoms with Crippen molar-refractivity contribution in [2.24, 2.45) is 5.92 Å². The molecule has 5 rings (SSSR count). The van der Waals surface area contributed by atoms with Gasteiger partial charge < -0.3 is 14.8 Å². The van der Waals surface area contributed by atoms with Crippen LogP contribution in [0.5, 0.6) is 17.4 Å². The summed E-state index contributed by atoms with van der Waals surface area (Å²) in [6.45, 7) is 4.53. The maximum atomic E-state index is 12.7. The summed E-state index contributed by atoms with van der Waals surface area (Å²) < 4.78 is 10.9. The molecule has 1 aromatic heterocycles. The molecule has 27 heavy (non-hydrogen) atoms. The number of amides is 1. The highest BCUT2D eigenvalue weighted by Crippen LogP contribution is 2.32. The highest BCUT2D eigenvalue weighted by atomic mass is 16.5. The van der Waals surface area contributed by atoms with Crippen molar-refractivity contribution in [3.63, 3.8) is 0 Å². The van der Waals surface area contributed by atoms with E-state index in [9.17, 15) is 4.79 Å². The summed E-state index contributed by atoms with van der Waals surface area (Å²) in [6.07, 6.45) is 3.99. The first kappa shape index (κ1) is 17.8. The van der Waals surface area contributed by atoms with Gasteiger partial charge in [0, 0.05) is 29.9 Å². The molecule has 3 aliphatic rings. The Kier molecular flexibility index (Phi) is 4.99. The number of nitrogens with one attached hydrogen (secondary N) is 1. The monoisotopic (exact) mass is 367 g/mol. The van der Waals surface area contributed by atoms with E-state index in [1.54, 1.807) is 37.6 Å². The SMILES string of the molecule is COc1cc(Oc2ccc(C(=O)N[C@@H]3C4CCN(CC4)[C@@H]3C)cc2)ccn1. The van der Waals surface area contributed by atoms with Gasteiger partial charge in [-0.1, -0.05) is 0 Å². The maximum Gasteiger partial charge on any atom is 0.251 e. The molecule has 4 heterocycles. The molecule has 0 spiro atoms. The molecule has 2 atom stereocenters. The first-order valence-electron chi connectivity index (χ1n) is 9.47. The average molecular weight is 367 g/mol. The number of ether oxygens (including phenoxy) is 2. The van der Waals surface area contributed by atoms with Gasteiger partial charge in [0.15, 0.2) is 0 Å². The van der Waals surface area contributed by atoms with Gasteiger partial charge in [-0.15, -0.1) is 0 Å². The van der Waals surface area contributed by atoms with E-state index in [1.807, 2.05) is 12.1 Å². The van der Waals surface area contributed by atoms with Crippen molar-refractivity contribution in [1.82, 2.24) is 15.2 Å². The second-order valence-electron chi connectivity index (χ2n) is 7.27. The van der Waals surface area contributed by atoms with Crippen molar-refractivity contribution in [1.29, 1.82) is 0 Å². The first-order chi connectivity index (χ1) is 13.1. The summed E-state index contributed by atoms with van der Waals surface area (Å²) in [5, 5.41) is 3.25. The lowest BCUT2D eigenvalue weighted by molar-refractivity contribution is 0.0217. The Morgan fingerprint density at radius 3 is 2.56 bits per heavy atom. The van der Waals surface area contributed by atoms with Gasteiger partial charge in [-0.05, 0) is 69.1 Å². The zero-order valence-electron chi connectivity index (χ0n) is 15.7. The third-order valence-corrected chi connectivity index (χ3v) is 5.74. The minimum atomic E-state index is -0.0160. The third kappa shape index (κ3) is 3.76. The largest absolute Gasteiger partial charge is 0.481 e. The highest BCUT2D eigenvalue weighted by Gasteiger charge is 2.40. The van der Waals surface area contributed by atoms with Crippen LogP contribution in [0.25, 0.3) is 0 Å². The molecule has 3 aliphatic heterocycles. The van der Waals surface area contributed by atoms with E-state index in [1.165, 1.54) is 12.8 Å². The minimum Gasteiger partial charge on any atom is -0.481 e. The van der Waals surface area contributed by atoms with Gasteiger partial charge in [0.1, 0.15) is 11.5 Å². The smallest absolute Gasteiger partial charge is 0.251 e. The number of pyridine rings is 1. The molecule has 0 unspecified atom stereocenters. The van der Waals surface area contributed by atoms with Crippen LogP contribution in [-0.2, 0) is 0 Å². The average Bonchev–Trinajstić information content (AvgIpc) is 2.71. The van der Waals surface area contributed by atoms with Crippen LogP contribution < -0.4 is 14.8 Å². The molecule has 3 saturated heterocycles. The Bertz CT molecular complexity index is 799. The number of fused-ring (bicyclic) bond motifs is 3. The van der Waals surface area contributed by atoms with E-state index in [0.29, 0.717) is 34.9 Å². The van der Waals surface area contributed by atoms with Crippen molar-refractivity contribution >= 4 is 5.91 Å². The molecule has 6 heteroatoms. The lowest BCUT2D eigenvalue weighted by Gasteiger charge is -2.49. The molecule has 1 N–H and O–H groups in total. The van der Waals surface area contributed by atoms with Gasteiger partial charge in [-0.3, -0.25) is 9.69 Å². The molecule has 142 valence electrons. The zero-order chi connectivity index (χ0) is 18.8. The molecule has 0 aliphatic carbocycles. The van der Waals surface area contributed by atoms with E-state index in [2.05, 4.69) is 22.1 Å². The van der Waals surface area contributed by atoms with Crippen LogP contribution in [0, 0.1) is 5.92 Å². The Balaban J connectivity index is 1.40. The van der Waals surface area contributed by atoms with Crippen LogP contribution in [0.15, 0.2) is 42.6 Å².